The molecule has 0 aliphatic heterocycles. The minimum atomic E-state index is -4.76. The molecule has 10 heteroatoms. The van der Waals surface area contributed by atoms with Crippen LogP contribution in [0.15, 0.2) is 12.1 Å². The molecule has 118 valence electrons. The molecule has 0 unspecified atom stereocenters. The smallest absolute Gasteiger partial charge is 0.493 e. The van der Waals surface area contributed by atoms with E-state index in [0.717, 1.165) is 6.07 Å². The van der Waals surface area contributed by atoms with E-state index in [1.54, 1.807) is 0 Å². The largest absolute Gasteiger partial charge is 0.522 e. The number of alkyl halides is 3. The highest BCUT2D eigenvalue weighted by Gasteiger charge is 2.28. The van der Waals surface area contributed by atoms with Gasteiger partial charge in [0.05, 0.1) is 24.7 Å². The Labute approximate surface area is 117 Å². The Morgan fingerprint density at radius 1 is 1.29 bits per heavy atom. The first-order chi connectivity index (χ1) is 9.78. The van der Waals surface area contributed by atoms with Crippen molar-refractivity contribution in [2.75, 3.05) is 20.3 Å². The maximum absolute atomic E-state index is 11.8. The Bertz CT molecular complexity index is 507. The number of benzene rings is 1. The number of nitro groups is 1. The van der Waals surface area contributed by atoms with Crippen molar-refractivity contribution in [3.8, 4) is 11.5 Å². The second-order valence-corrected chi connectivity index (χ2v) is 3.74. The molecule has 0 bridgehead atoms. The van der Waals surface area contributed by atoms with E-state index in [2.05, 4.69) is 4.74 Å². The lowest BCUT2D eigenvalue weighted by molar-refractivity contribution is -0.385. The predicted molar refractivity (Wildman–Crippen MR) is 65.0 cm³/mol. The number of hydrogen-bond donors (Lipinski definition) is 1. The highest BCUT2D eigenvalue weighted by atomic mass is 19.4. The molecule has 1 aromatic carbocycles. The lowest BCUT2D eigenvalue weighted by atomic mass is 10.1. The van der Waals surface area contributed by atoms with Crippen LogP contribution in [0.2, 0.25) is 0 Å². The van der Waals surface area contributed by atoms with Crippen LogP contribution in [-0.4, -0.2) is 31.6 Å². The normalized spacial score (nSPS) is 11.3. The van der Waals surface area contributed by atoms with E-state index in [1.807, 2.05) is 0 Å². The minimum Gasteiger partial charge on any atom is -0.493 e. The van der Waals surface area contributed by atoms with Crippen molar-refractivity contribution in [3.05, 3.63) is 27.8 Å². The maximum atomic E-state index is 11.8. The third kappa shape index (κ3) is 5.08. The van der Waals surface area contributed by atoms with Gasteiger partial charge < -0.3 is 15.2 Å². The van der Waals surface area contributed by atoms with Gasteiger partial charge in [0.25, 0.3) is 5.69 Å². The number of hydrogen-bond acceptors (Lipinski definition) is 6. The Kier molecular flexibility index (Phi) is 5.73. The van der Waals surface area contributed by atoms with E-state index in [4.69, 9.17) is 15.2 Å². The molecule has 2 N–H and O–H groups in total. The Morgan fingerprint density at radius 3 is 2.43 bits per heavy atom. The zero-order chi connectivity index (χ0) is 16.0. The Morgan fingerprint density at radius 2 is 1.95 bits per heavy atom. The molecule has 21 heavy (non-hydrogen) atoms. The molecule has 0 aliphatic carbocycles. The predicted octanol–water partition coefficient (Wildman–Crippen LogP) is 1.98. The molecule has 0 fully saturated rings. The molecule has 1 aromatic rings. The van der Waals surface area contributed by atoms with Crippen LogP contribution in [0.3, 0.4) is 0 Å². The van der Waals surface area contributed by atoms with Crippen LogP contribution in [0.4, 0.5) is 18.9 Å². The van der Waals surface area contributed by atoms with Gasteiger partial charge in [0, 0.05) is 12.1 Å². The summed E-state index contributed by atoms with van der Waals surface area (Å²) in [7, 11) is 1.29. The molecule has 0 aromatic heterocycles. The molecule has 0 saturated carbocycles. The van der Waals surface area contributed by atoms with E-state index in [1.165, 1.54) is 13.2 Å². The summed E-state index contributed by atoms with van der Waals surface area (Å²) >= 11 is 0. The first-order valence-electron chi connectivity index (χ1n) is 5.67. The van der Waals surface area contributed by atoms with Gasteiger partial charge in [0.1, 0.15) is 6.61 Å². The summed E-state index contributed by atoms with van der Waals surface area (Å²) < 4.78 is 48.9. The molecule has 7 nitrogen and oxygen atoms in total. The summed E-state index contributed by atoms with van der Waals surface area (Å²) in [4.78, 5) is 10.2. The van der Waals surface area contributed by atoms with Gasteiger partial charge in [0.2, 0.25) is 0 Å². The van der Waals surface area contributed by atoms with Gasteiger partial charge in [-0.2, -0.15) is 0 Å². The minimum absolute atomic E-state index is 0.0628. The highest BCUT2D eigenvalue weighted by molar-refractivity contribution is 5.54. The molecule has 0 amide bonds. The average Bonchev–Trinajstić information content (AvgIpc) is 2.41. The molecule has 0 heterocycles. The van der Waals surface area contributed by atoms with Gasteiger partial charge in [-0.25, -0.2) is 0 Å². The second-order valence-electron chi connectivity index (χ2n) is 3.74. The van der Waals surface area contributed by atoms with Gasteiger partial charge in [-0.1, -0.05) is 0 Å². The van der Waals surface area contributed by atoms with E-state index < -0.39 is 24.5 Å². The van der Waals surface area contributed by atoms with Crippen LogP contribution in [0.1, 0.15) is 5.56 Å². The first kappa shape index (κ1) is 17.0. The van der Waals surface area contributed by atoms with E-state index in [0.29, 0.717) is 0 Å². The first-order valence-corrected chi connectivity index (χ1v) is 5.67. The number of nitrogens with zero attached hydrogens (tertiary/aromatic N) is 1. The van der Waals surface area contributed by atoms with Gasteiger partial charge in [-0.3, -0.25) is 14.9 Å². The highest BCUT2D eigenvalue weighted by Crippen LogP contribution is 2.34. The van der Waals surface area contributed by atoms with E-state index in [-0.39, 0.29) is 29.3 Å². The summed E-state index contributed by atoms with van der Waals surface area (Å²) in [5, 5.41) is 10.9. The van der Waals surface area contributed by atoms with Crippen molar-refractivity contribution < 1.29 is 32.3 Å². The number of halogens is 3. The maximum Gasteiger partial charge on any atom is 0.522 e. The SMILES string of the molecule is COc1cc(CN)c([N+](=O)[O-])cc1OCCOC(F)(F)F. The van der Waals surface area contributed by atoms with E-state index >= 15 is 0 Å². The number of nitro benzene ring substituents is 1. The lowest BCUT2D eigenvalue weighted by Gasteiger charge is -2.13. The molecular formula is C11H13F3N2O5. The number of methoxy groups -OCH3 is 1. The topological polar surface area (TPSA) is 96.9 Å². The lowest BCUT2D eigenvalue weighted by Crippen LogP contribution is -2.18. The molecule has 0 radical (unpaired) electrons. The summed E-state index contributed by atoms with van der Waals surface area (Å²) in [5.41, 5.74) is 5.30. The average molecular weight is 310 g/mol. The van der Waals surface area contributed by atoms with Crippen LogP contribution >= 0.6 is 0 Å². The summed E-state index contributed by atoms with van der Waals surface area (Å²) in [6.45, 7) is -1.29. The van der Waals surface area contributed by atoms with Crippen molar-refractivity contribution in [2.24, 2.45) is 5.73 Å². The Balaban J connectivity index is 2.85. The molecule has 1 rings (SSSR count). The molecule has 0 saturated heterocycles. The van der Waals surface area contributed by atoms with Gasteiger partial charge in [-0.05, 0) is 6.07 Å². The summed E-state index contributed by atoms with van der Waals surface area (Å²) in [6, 6.07) is 2.35. The van der Waals surface area contributed by atoms with Crippen LogP contribution in [0.5, 0.6) is 11.5 Å². The fourth-order valence-corrected chi connectivity index (χ4v) is 1.51. The van der Waals surface area contributed by atoms with Crippen LogP contribution in [0, 0.1) is 10.1 Å². The van der Waals surface area contributed by atoms with Crippen molar-refractivity contribution in [2.45, 2.75) is 12.9 Å². The number of nitrogens with two attached hydrogens (primary N) is 1. The third-order valence-corrected chi connectivity index (χ3v) is 2.39. The molecule has 0 aliphatic rings. The van der Waals surface area contributed by atoms with Crippen LogP contribution in [-0.2, 0) is 11.3 Å². The standard InChI is InChI=1S/C11H13F3N2O5/c1-19-9-4-7(6-15)8(16(17)18)5-10(9)20-2-3-21-11(12,13)14/h4-5H,2-3,6,15H2,1H3. The fourth-order valence-electron chi connectivity index (χ4n) is 1.51. The monoisotopic (exact) mass is 310 g/mol. The fraction of sp³-hybridized carbons (Fsp3) is 0.455. The van der Waals surface area contributed by atoms with Gasteiger partial charge in [0.15, 0.2) is 11.5 Å². The molecule has 0 spiro atoms. The zero-order valence-electron chi connectivity index (χ0n) is 11.0. The number of rotatable bonds is 7. The van der Waals surface area contributed by atoms with Crippen molar-refractivity contribution in [1.82, 2.24) is 0 Å². The zero-order valence-corrected chi connectivity index (χ0v) is 11.0. The summed E-state index contributed by atoms with van der Waals surface area (Å²) in [5.74, 6) is 0.0697. The molecular weight excluding hydrogens is 297 g/mol. The molecule has 0 atom stereocenters. The van der Waals surface area contributed by atoms with Gasteiger partial charge in [-0.15, -0.1) is 13.2 Å². The Hall–Kier alpha value is -2.07. The van der Waals surface area contributed by atoms with Crippen molar-refractivity contribution >= 4 is 5.69 Å². The van der Waals surface area contributed by atoms with Crippen LogP contribution in [0.25, 0.3) is 0 Å². The third-order valence-electron chi connectivity index (χ3n) is 2.39. The van der Waals surface area contributed by atoms with Crippen molar-refractivity contribution in [1.29, 1.82) is 0 Å². The number of ether oxygens (including phenoxy) is 3. The van der Waals surface area contributed by atoms with Gasteiger partial charge >= 0.3 is 6.36 Å². The second kappa shape index (κ2) is 7.09. The quantitative estimate of drug-likeness (QED) is 0.470. The van der Waals surface area contributed by atoms with Crippen LogP contribution < -0.4 is 15.2 Å². The summed E-state index contributed by atoms with van der Waals surface area (Å²) in [6.07, 6.45) is -4.76. The van der Waals surface area contributed by atoms with Crippen molar-refractivity contribution in [3.63, 3.8) is 0 Å². The van der Waals surface area contributed by atoms with E-state index in [9.17, 15) is 23.3 Å².